The molecule has 0 radical (unpaired) electrons. The Morgan fingerprint density at radius 3 is 2.65 bits per heavy atom. The maximum absolute atomic E-state index is 4.55. The lowest BCUT2D eigenvalue weighted by Crippen LogP contribution is -2.24. The Bertz CT molecular complexity index is 409. The number of nitrogens with zero attached hydrogens (tertiary/aromatic N) is 3. The molecule has 1 aromatic heterocycles. The minimum absolute atomic E-state index is 0.471. The van der Waals surface area contributed by atoms with Crippen molar-refractivity contribution in [3.8, 4) is 0 Å². The van der Waals surface area contributed by atoms with Gasteiger partial charge in [0.05, 0.1) is 15.9 Å². The third-order valence-electron chi connectivity index (χ3n) is 3.58. The molecule has 2 heterocycles. The highest BCUT2D eigenvalue weighted by Crippen LogP contribution is 2.31. The fraction of sp³-hybridized carbons (Fsp3) is 0.769. The highest BCUT2D eigenvalue weighted by atomic mass is 79.9. The smallest absolute Gasteiger partial charge is 0.0739 e. The van der Waals surface area contributed by atoms with Crippen LogP contribution in [0.2, 0.25) is 0 Å². The maximum atomic E-state index is 4.55. The van der Waals surface area contributed by atoms with Crippen molar-refractivity contribution < 1.29 is 0 Å². The van der Waals surface area contributed by atoms with Crippen LogP contribution in [0.1, 0.15) is 38.6 Å². The second-order valence-electron chi connectivity index (χ2n) is 5.79. The van der Waals surface area contributed by atoms with Crippen LogP contribution in [-0.4, -0.2) is 27.8 Å². The average Bonchev–Trinajstić information content (AvgIpc) is 2.73. The van der Waals surface area contributed by atoms with E-state index in [1.54, 1.807) is 0 Å². The van der Waals surface area contributed by atoms with Crippen LogP contribution in [0.25, 0.3) is 0 Å². The lowest BCUT2D eigenvalue weighted by atomic mass is 9.93. The Hall–Kier alpha value is -0.350. The van der Waals surface area contributed by atoms with E-state index in [2.05, 4.69) is 58.3 Å². The van der Waals surface area contributed by atoms with Gasteiger partial charge in [-0.2, -0.15) is 5.10 Å². The van der Waals surface area contributed by atoms with E-state index in [-0.39, 0.29) is 0 Å². The molecule has 0 N–H and O–H groups in total. The summed E-state index contributed by atoms with van der Waals surface area (Å²) in [4.78, 5) is 2.54. The molecule has 1 aliphatic heterocycles. The zero-order chi connectivity index (χ0) is 12.6. The summed E-state index contributed by atoms with van der Waals surface area (Å²) in [6.07, 6.45) is 1.30. The highest BCUT2D eigenvalue weighted by molar-refractivity contribution is 9.10. The normalized spacial score (nSPS) is 20.1. The molecule has 1 fully saturated rings. The number of likely N-dealkylation sites (tertiary alicyclic amines) is 1. The molecule has 0 spiro atoms. The zero-order valence-electron chi connectivity index (χ0n) is 11.3. The number of aromatic nitrogens is 2. The van der Waals surface area contributed by atoms with Crippen LogP contribution in [0.5, 0.6) is 0 Å². The standard InChI is InChI=1S/C13H22BrN3/c1-5-17-11(12(14)10(2)15-17)8-16-7-6-13(3,4)9-16/h5-9H2,1-4H3. The van der Waals surface area contributed by atoms with Crippen LogP contribution >= 0.6 is 15.9 Å². The Morgan fingerprint density at radius 2 is 2.12 bits per heavy atom. The second-order valence-corrected chi connectivity index (χ2v) is 6.58. The summed E-state index contributed by atoms with van der Waals surface area (Å²) in [5.41, 5.74) is 2.89. The molecule has 1 saturated heterocycles. The summed E-state index contributed by atoms with van der Waals surface area (Å²) in [7, 11) is 0. The summed E-state index contributed by atoms with van der Waals surface area (Å²) in [6.45, 7) is 13.3. The maximum Gasteiger partial charge on any atom is 0.0739 e. The summed E-state index contributed by atoms with van der Waals surface area (Å²) >= 11 is 3.67. The van der Waals surface area contributed by atoms with Gasteiger partial charge in [-0.3, -0.25) is 9.58 Å². The lowest BCUT2D eigenvalue weighted by Gasteiger charge is -2.20. The summed E-state index contributed by atoms with van der Waals surface area (Å²) in [5, 5.41) is 4.55. The van der Waals surface area contributed by atoms with E-state index < -0.39 is 0 Å². The molecule has 0 bridgehead atoms. The van der Waals surface area contributed by atoms with Gasteiger partial charge in [-0.15, -0.1) is 0 Å². The van der Waals surface area contributed by atoms with Crippen LogP contribution in [0.4, 0.5) is 0 Å². The monoisotopic (exact) mass is 299 g/mol. The van der Waals surface area contributed by atoms with E-state index in [1.807, 2.05) is 0 Å². The van der Waals surface area contributed by atoms with Gasteiger partial charge in [-0.1, -0.05) is 13.8 Å². The van der Waals surface area contributed by atoms with Crippen molar-refractivity contribution in [1.82, 2.24) is 14.7 Å². The van der Waals surface area contributed by atoms with E-state index in [1.165, 1.54) is 29.7 Å². The van der Waals surface area contributed by atoms with E-state index in [9.17, 15) is 0 Å². The molecule has 0 saturated carbocycles. The van der Waals surface area contributed by atoms with Gasteiger partial charge in [0, 0.05) is 19.6 Å². The quantitative estimate of drug-likeness (QED) is 0.854. The number of rotatable bonds is 3. The SMILES string of the molecule is CCn1nc(C)c(Br)c1CN1CCC(C)(C)C1. The van der Waals surface area contributed by atoms with E-state index in [0.29, 0.717) is 5.41 Å². The largest absolute Gasteiger partial charge is 0.297 e. The van der Waals surface area contributed by atoms with E-state index in [0.717, 1.165) is 18.8 Å². The first-order valence-corrected chi connectivity index (χ1v) is 7.16. The van der Waals surface area contributed by atoms with E-state index in [4.69, 9.17) is 0 Å². The number of hydrogen-bond donors (Lipinski definition) is 0. The third-order valence-corrected chi connectivity index (χ3v) is 4.61. The first-order chi connectivity index (χ1) is 7.93. The molecule has 0 unspecified atom stereocenters. The van der Waals surface area contributed by atoms with Crippen molar-refractivity contribution >= 4 is 15.9 Å². The molecule has 17 heavy (non-hydrogen) atoms. The molecule has 1 aromatic rings. The molecule has 0 amide bonds. The molecule has 0 atom stereocenters. The molecule has 1 aliphatic rings. The highest BCUT2D eigenvalue weighted by Gasteiger charge is 2.30. The van der Waals surface area contributed by atoms with Crippen molar-refractivity contribution in [1.29, 1.82) is 0 Å². The van der Waals surface area contributed by atoms with Crippen LogP contribution in [0, 0.1) is 12.3 Å². The first-order valence-electron chi connectivity index (χ1n) is 6.37. The third kappa shape index (κ3) is 2.74. The average molecular weight is 300 g/mol. The van der Waals surface area contributed by atoms with Crippen molar-refractivity contribution in [2.24, 2.45) is 5.41 Å². The van der Waals surface area contributed by atoms with Crippen molar-refractivity contribution in [3.05, 3.63) is 15.9 Å². The molecule has 3 nitrogen and oxygen atoms in total. The van der Waals surface area contributed by atoms with Crippen LogP contribution in [-0.2, 0) is 13.1 Å². The Kier molecular flexibility index (Phi) is 3.64. The van der Waals surface area contributed by atoms with Crippen LogP contribution in [0.15, 0.2) is 4.47 Å². The van der Waals surface area contributed by atoms with Gasteiger partial charge in [0.25, 0.3) is 0 Å². The van der Waals surface area contributed by atoms with Gasteiger partial charge < -0.3 is 0 Å². The number of hydrogen-bond acceptors (Lipinski definition) is 2. The van der Waals surface area contributed by atoms with Gasteiger partial charge in [0.2, 0.25) is 0 Å². The molecule has 96 valence electrons. The molecule has 2 rings (SSSR count). The van der Waals surface area contributed by atoms with Crippen molar-refractivity contribution in [3.63, 3.8) is 0 Å². The van der Waals surface area contributed by atoms with Gasteiger partial charge >= 0.3 is 0 Å². The van der Waals surface area contributed by atoms with Gasteiger partial charge in [-0.05, 0) is 48.2 Å². The predicted octanol–water partition coefficient (Wildman–Crippen LogP) is 3.21. The number of halogens is 1. The summed E-state index contributed by atoms with van der Waals surface area (Å²) in [6, 6.07) is 0. The Balaban J connectivity index is 2.14. The predicted molar refractivity (Wildman–Crippen MR) is 74.0 cm³/mol. The van der Waals surface area contributed by atoms with Gasteiger partial charge in [0.15, 0.2) is 0 Å². The fourth-order valence-corrected chi connectivity index (χ4v) is 3.00. The van der Waals surface area contributed by atoms with Gasteiger partial charge in [-0.25, -0.2) is 0 Å². The minimum atomic E-state index is 0.471. The first kappa shape index (κ1) is 13.1. The summed E-state index contributed by atoms with van der Waals surface area (Å²) in [5.74, 6) is 0. The van der Waals surface area contributed by atoms with E-state index >= 15 is 0 Å². The fourth-order valence-electron chi connectivity index (χ4n) is 2.59. The lowest BCUT2D eigenvalue weighted by molar-refractivity contribution is 0.276. The molecular formula is C13H22BrN3. The number of aryl methyl sites for hydroxylation is 2. The molecule has 0 aliphatic carbocycles. The Morgan fingerprint density at radius 1 is 1.41 bits per heavy atom. The van der Waals surface area contributed by atoms with Gasteiger partial charge in [0.1, 0.15) is 0 Å². The van der Waals surface area contributed by atoms with Crippen molar-refractivity contribution in [2.45, 2.75) is 47.2 Å². The minimum Gasteiger partial charge on any atom is -0.297 e. The topological polar surface area (TPSA) is 21.1 Å². The zero-order valence-corrected chi connectivity index (χ0v) is 12.8. The summed E-state index contributed by atoms with van der Waals surface area (Å²) < 4.78 is 3.30. The molecule has 0 aromatic carbocycles. The Labute approximate surface area is 112 Å². The molecular weight excluding hydrogens is 278 g/mol. The molecule has 4 heteroatoms. The second kappa shape index (κ2) is 4.73. The van der Waals surface area contributed by atoms with Crippen LogP contribution in [0.3, 0.4) is 0 Å². The van der Waals surface area contributed by atoms with Crippen LogP contribution < -0.4 is 0 Å². The van der Waals surface area contributed by atoms with Crippen molar-refractivity contribution in [2.75, 3.05) is 13.1 Å².